The maximum Gasteiger partial charge on any atom is 0.0634 e. The van der Waals surface area contributed by atoms with E-state index in [1.165, 1.54) is 121 Å². The van der Waals surface area contributed by atoms with Gasteiger partial charge in [0.2, 0.25) is 0 Å². The summed E-state index contributed by atoms with van der Waals surface area (Å²) in [7, 11) is 0. The van der Waals surface area contributed by atoms with E-state index in [0.29, 0.717) is 0 Å². The molecule has 4 heterocycles. The first-order valence-electron chi connectivity index (χ1n) is 32.4. The number of benzene rings is 15. The lowest BCUT2D eigenvalue weighted by atomic mass is 9.89. The van der Waals surface area contributed by atoms with Gasteiger partial charge in [0, 0.05) is 88.1 Å². The predicted molar refractivity (Wildman–Crippen MR) is 398 cm³/mol. The second-order valence-corrected chi connectivity index (χ2v) is 24.7. The highest BCUT2D eigenvalue weighted by atomic mass is 15.2. The molecule has 0 saturated carbocycles. The fourth-order valence-electron chi connectivity index (χ4n) is 15.5. The summed E-state index contributed by atoms with van der Waals surface area (Å²) < 4.78 is 5.25. The standard InChI is InChI=1S/C90H58N4/c1-9-27-59(28-10-1)65-47-51-79(75(55-65)61-31-13-3-14-32-61)91(67-39-21-7-22-40-67)69-49-53-81-77(57-69)71-43-25-45-73-85-84(64-37-19-6-20-38-64)90-86(83(63-35-17-5-18-36-63)89(85)93(81)87(71)73)74-46-26-44-72-78-58-70(50-54-82(78)94(90)88(72)74)92(68-41-23-8-24-42-68)80-52-48-66(60-29-11-2-12-30-60)56-76(80)62-33-15-4-16-34-62/h1-58H. The van der Waals surface area contributed by atoms with Crippen LogP contribution in [0.5, 0.6) is 0 Å². The van der Waals surface area contributed by atoms with Crippen LogP contribution < -0.4 is 9.80 Å². The highest BCUT2D eigenvalue weighted by Crippen LogP contribution is 2.55. The van der Waals surface area contributed by atoms with Gasteiger partial charge in [0.15, 0.2) is 0 Å². The van der Waals surface area contributed by atoms with Crippen molar-refractivity contribution >= 4 is 110 Å². The number of aromatic nitrogens is 2. The van der Waals surface area contributed by atoms with E-state index in [9.17, 15) is 0 Å². The molecular weight excluding hydrogens is 1140 g/mol. The molecule has 0 aliphatic carbocycles. The first-order valence-corrected chi connectivity index (χ1v) is 32.4. The molecule has 0 aliphatic heterocycles. The summed E-state index contributed by atoms with van der Waals surface area (Å²) in [6.07, 6.45) is 0. The van der Waals surface area contributed by atoms with E-state index in [1.807, 2.05) is 0 Å². The molecule has 4 heteroatoms. The average molecular weight is 1200 g/mol. The van der Waals surface area contributed by atoms with Crippen LogP contribution in [0.2, 0.25) is 0 Å². The minimum absolute atomic E-state index is 1.08. The van der Waals surface area contributed by atoms with Crippen LogP contribution in [-0.2, 0) is 0 Å². The zero-order valence-corrected chi connectivity index (χ0v) is 51.3. The Morgan fingerprint density at radius 2 is 0.511 bits per heavy atom. The molecular formula is C90H58N4. The average Bonchev–Trinajstić information content (AvgIpc) is 1.50. The zero-order valence-electron chi connectivity index (χ0n) is 51.3. The van der Waals surface area contributed by atoms with Crippen molar-refractivity contribution in [3.05, 3.63) is 352 Å². The molecule has 0 bridgehead atoms. The SMILES string of the molecule is c1ccc(-c2ccc(N(c3ccccc3)c3ccc4c(c3)c3cccc5c6c(-c7ccccc7)c7c(c(-c8ccccc8)c6n4c35)c3cccc4c5cc(N(c6ccccc6)c6ccc(-c8ccccc8)cc6-c6ccccc6)ccc5n7c43)c(-c3ccccc3)c2)cc1. The monoisotopic (exact) mass is 1190 g/mol. The van der Waals surface area contributed by atoms with Crippen molar-refractivity contribution in [1.82, 2.24) is 8.80 Å². The van der Waals surface area contributed by atoms with Crippen molar-refractivity contribution in [1.29, 1.82) is 0 Å². The Bertz CT molecular complexity index is 5670. The molecule has 0 atom stereocenters. The number of anilines is 6. The van der Waals surface area contributed by atoms with Gasteiger partial charge in [-0.3, -0.25) is 0 Å². The third kappa shape index (κ3) is 8.26. The van der Waals surface area contributed by atoms with Crippen molar-refractivity contribution in [2.45, 2.75) is 0 Å². The van der Waals surface area contributed by atoms with Crippen LogP contribution >= 0.6 is 0 Å². The van der Waals surface area contributed by atoms with E-state index >= 15 is 0 Å². The molecule has 0 aliphatic rings. The van der Waals surface area contributed by atoms with Crippen molar-refractivity contribution in [2.24, 2.45) is 0 Å². The Balaban J connectivity index is 0.876. The third-order valence-corrected chi connectivity index (χ3v) is 19.5. The fraction of sp³-hybridized carbons (Fsp3) is 0. The van der Waals surface area contributed by atoms with Gasteiger partial charge in [-0.1, -0.05) is 267 Å². The van der Waals surface area contributed by atoms with Gasteiger partial charge in [0.1, 0.15) is 0 Å². The van der Waals surface area contributed by atoms with Crippen molar-refractivity contribution < 1.29 is 0 Å². The Labute approximate surface area is 544 Å². The highest BCUT2D eigenvalue weighted by Gasteiger charge is 2.32. The van der Waals surface area contributed by atoms with E-state index in [0.717, 1.165) is 56.4 Å². The maximum absolute atomic E-state index is 2.62. The minimum atomic E-state index is 1.08. The summed E-state index contributed by atoms with van der Waals surface area (Å²) in [5.41, 5.74) is 27.9. The molecule has 4 aromatic heterocycles. The van der Waals surface area contributed by atoms with Gasteiger partial charge in [-0.2, -0.15) is 0 Å². The van der Waals surface area contributed by atoms with E-state index in [4.69, 9.17) is 0 Å². The molecule has 4 nitrogen and oxygen atoms in total. The molecule has 0 N–H and O–H groups in total. The Hall–Kier alpha value is -12.5. The molecule has 0 fully saturated rings. The maximum atomic E-state index is 2.62. The summed E-state index contributed by atoms with van der Waals surface area (Å²) in [5, 5.41) is 9.78. The van der Waals surface area contributed by atoms with E-state index < -0.39 is 0 Å². The number of rotatable bonds is 12. The second kappa shape index (κ2) is 21.6. The normalized spacial score (nSPS) is 11.8. The van der Waals surface area contributed by atoms with Crippen LogP contribution in [0.1, 0.15) is 0 Å². The number of hydrogen-bond donors (Lipinski definition) is 0. The Morgan fingerprint density at radius 3 is 0.872 bits per heavy atom. The largest absolute Gasteiger partial charge is 0.310 e. The Kier molecular flexibility index (Phi) is 12.3. The predicted octanol–water partition coefficient (Wildman–Crippen LogP) is 24.9. The van der Waals surface area contributed by atoms with E-state index in [1.54, 1.807) is 0 Å². The van der Waals surface area contributed by atoms with E-state index in [-0.39, 0.29) is 0 Å². The molecule has 15 aromatic carbocycles. The molecule has 0 saturated heterocycles. The molecule has 19 aromatic rings. The molecule has 0 amide bonds. The van der Waals surface area contributed by atoms with Crippen LogP contribution in [0.25, 0.3) is 143 Å². The highest BCUT2D eigenvalue weighted by molar-refractivity contribution is 6.38. The zero-order chi connectivity index (χ0) is 61.8. The fourth-order valence-corrected chi connectivity index (χ4v) is 15.5. The first-order chi connectivity index (χ1) is 46.7. The third-order valence-electron chi connectivity index (χ3n) is 19.5. The van der Waals surface area contributed by atoms with Crippen LogP contribution in [0.4, 0.5) is 34.1 Å². The lowest BCUT2D eigenvalue weighted by Crippen LogP contribution is -2.11. The van der Waals surface area contributed by atoms with Gasteiger partial charge in [0.25, 0.3) is 0 Å². The second-order valence-electron chi connectivity index (χ2n) is 24.7. The molecule has 0 spiro atoms. The lowest BCUT2D eigenvalue weighted by Gasteiger charge is -2.28. The molecule has 19 rings (SSSR count). The number of para-hydroxylation sites is 4. The summed E-state index contributed by atoms with van der Waals surface area (Å²) in [5.74, 6) is 0. The molecule has 0 radical (unpaired) electrons. The molecule has 438 valence electrons. The van der Waals surface area contributed by atoms with Gasteiger partial charge in [-0.15, -0.1) is 0 Å². The number of fused-ring (bicyclic) bond motifs is 12. The van der Waals surface area contributed by atoms with Crippen molar-refractivity contribution in [3.63, 3.8) is 0 Å². The number of hydrogen-bond acceptors (Lipinski definition) is 2. The molecule has 0 unspecified atom stereocenters. The summed E-state index contributed by atoms with van der Waals surface area (Å²) >= 11 is 0. The van der Waals surface area contributed by atoms with Gasteiger partial charge in [-0.05, 0) is 129 Å². The summed E-state index contributed by atoms with van der Waals surface area (Å²) in [6.45, 7) is 0. The van der Waals surface area contributed by atoms with Gasteiger partial charge in [-0.25, -0.2) is 0 Å². The van der Waals surface area contributed by atoms with Gasteiger partial charge >= 0.3 is 0 Å². The smallest absolute Gasteiger partial charge is 0.0634 e. The van der Waals surface area contributed by atoms with Crippen LogP contribution in [0.15, 0.2) is 352 Å². The van der Waals surface area contributed by atoms with Crippen molar-refractivity contribution in [3.8, 4) is 66.8 Å². The van der Waals surface area contributed by atoms with Crippen molar-refractivity contribution in [2.75, 3.05) is 9.80 Å². The first kappa shape index (κ1) is 53.3. The quantitative estimate of drug-likeness (QED) is 0.121. The minimum Gasteiger partial charge on any atom is -0.310 e. The summed E-state index contributed by atoms with van der Waals surface area (Å²) in [6, 6.07) is 129. The Morgan fingerprint density at radius 1 is 0.191 bits per heavy atom. The topological polar surface area (TPSA) is 15.3 Å². The van der Waals surface area contributed by atoms with E-state index in [2.05, 4.69) is 370 Å². The lowest BCUT2D eigenvalue weighted by molar-refractivity contribution is 1.28. The van der Waals surface area contributed by atoms with Crippen LogP contribution in [0.3, 0.4) is 0 Å². The van der Waals surface area contributed by atoms with Gasteiger partial charge in [0.05, 0.1) is 44.5 Å². The summed E-state index contributed by atoms with van der Waals surface area (Å²) in [4.78, 5) is 4.90. The number of nitrogens with zero attached hydrogens (tertiary/aromatic N) is 4. The molecule has 94 heavy (non-hydrogen) atoms. The van der Waals surface area contributed by atoms with Gasteiger partial charge < -0.3 is 18.6 Å². The van der Waals surface area contributed by atoms with Crippen LogP contribution in [-0.4, -0.2) is 8.80 Å². The van der Waals surface area contributed by atoms with Crippen LogP contribution in [0, 0.1) is 0 Å².